The molecule has 0 spiro atoms. The first-order valence-corrected chi connectivity index (χ1v) is 18.5. The van der Waals surface area contributed by atoms with Gasteiger partial charge in [-0.15, -0.1) is 6.58 Å². The minimum Gasteiger partial charge on any atom is -0.497 e. The summed E-state index contributed by atoms with van der Waals surface area (Å²) < 4.78 is 43.8. The van der Waals surface area contributed by atoms with E-state index in [1.54, 1.807) is 52.3 Å². The number of esters is 1. The Labute approximate surface area is 302 Å². The highest BCUT2D eigenvalue weighted by Crippen LogP contribution is 2.45. The Balaban J connectivity index is 1.43. The van der Waals surface area contributed by atoms with E-state index < -0.39 is 86.1 Å². The van der Waals surface area contributed by atoms with E-state index in [9.17, 15) is 32.4 Å². The maximum absolute atomic E-state index is 14.5. The minimum atomic E-state index is -3.92. The summed E-state index contributed by atoms with van der Waals surface area (Å²) >= 11 is 0. The minimum absolute atomic E-state index is 0.0228. The number of carbonyl (C=O) groups is 5. The zero-order valence-corrected chi connectivity index (χ0v) is 30.9. The van der Waals surface area contributed by atoms with E-state index in [1.165, 1.54) is 25.0 Å². The number of methoxy groups -OCH3 is 2. The van der Waals surface area contributed by atoms with Crippen molar-refractivity contribution in [3.05, 3.63) is 43.1 Å². The second kappa shape index (κ2) is 14.6. The summed E-state index contributed by atoms with van der Waals surface area (Å²) in [4.78, 5) is 72.8. The number of nitrogens with zero attached hydrogens (tertiary/aromatic N) is 2. The summed E-state index contributed by atoms with van der Waals surface area (Å²) in [5.41, 5.74) is -2.47. The van der Waals surface area contributed by atoms with Gasteiger partial charge in [0.2, 0.25) is 27.7 Å². The van der Waals surface area contributed by atoms with Crippen molar-refractivity contribution in [1.82, 2.24) is 30.6 Å². The number of amides is 5. The lowest BCUT2D eigenvalue weighted by Gasteiger charge is -2.35. The second-order valence-corrected chi connectivity index (χ2v) is 16.5. The molecule has 0 radical (unpaired) electrons. The predicted molar refractivity (Wildman–Crippen MR) is 188 cm³/mol. The van der Waals surface area contributed by atoms with Crippen molar-refractivity contribution in [2.75, 3.05) is 20.8 Å². The number of nitrogens with one attached hydrogen (secondary N) is 4. The maximum Gasteiger partial charge on any atom is 0.328 e. The van der Waals surface area contributed by atoms with Crippen LogP contribution in [0.3, 0.4) is 0 Å². The summed E-state index contributed by atoms with van der Waals surface area (Å²) in [6.45, 7) is 10.3. The fourth-order valence-corrected chi connectivity index (χ4v) is 7.68. The van der Waals surface area contributed by atoms with Crippen molar-refractivity contribution >= 4 is 50.5 Å². The third-order valence-corrected chi connectivity index (χ3v) is 11.4. The van der Waals surface area contributed by atoms with Crippen molar-refractivity contribution in [2.45, 2.75) is 88.4 Å². The molecule has 1 saturated heterocycles. The quantitative estimate of drug-likeness (QED) is 0.171. The van der Waals surface area contributed by atoms with E-state index in [4.69, 9.17) is 9.47 Å². The van der Waals surface area contributed by atoms with Crippen LogP contribution in [0.5, 0.6) is 11.6 Å². The molecule has 2 heterocycles. The Morgan fingerprint density at radius 3 is 2.40 bits per heavy atom. The molecule has 4 N–H and O–H groups in total. The summed E-state index contributed by atoms with van der Waals surface area (Å²) in [5.74, 6) is -2.56. The van der Waals surface area contributed by atoms with Gasteiger partial charge in [-0.1, -0.05) is 26.8 Å². The van der Waals surface area contributed by atoms with Gasteiger partial charge in [0.15, 0.2) is 0 Å². The van der Waals surface area contributed by atoms with E-state index in [1.807, 2.05) is 6.07 Å². The molecule has 2 saturated carbocycles. The monoisotopic (exact) mass is 742 g/mol. The van der Waals surface area contributed by atoms with E-state index in [0.717, 1.165) is 5.39 Å². The number of ether oxygens (including phenoxy) is 3. The number of hydrogen-bond acceptors (Lipinski definition) is 11. The average Bonchev–Trinajstić information content (AvgIpc) is 4.02. The molecule has 1 aromatic carbocycles. The molecule has 3 aliphatic rings. The van der Waals surface area contributed by atoms with Crippen LogP contribution in [0.25, 0.3) is 10.8 Å². The van der Waals surface area contributed by atoms with Crippen molar-refractivity contribution in [1.29, 1.82) is 0 Å². The maximum atomic E-state index is 14.5. The summed E-state index contributed by atoms with van der Waals surface area (Å²) in [7, 11) is -1.19. The Bertz CT molecular complexity index is 1880. The predicted octanol–water partition coefficient (Wildman–Crippen LogP) is 1.54. The molecule has 0 bridgehead atoms. The largest absolute Gasteiger partial charge is 0.497 e. The lowest BCUT2D eigenvalue weighted by Crippen LogP contribution is -2.61. The van der Waals surface area contributed by atoms with Crippen LogP contribution >= 0.6 is 0 Å². The second-order valence-electron chi connectivity index (χ2n) is 14.5. The lowest BCUT2D eigenvalue weighted by molar-refractivity contribution is -0.142. The Morgan fingerprint density at radius 1 is 1.10 bits per heavy atom. The van der Waals surface area contributed by atoms with Crippen LogP contribution in [0.4, 0.5) is 4.79 Å². The van der Waals surface area contributed by atoms with E-state index >= 15 is 0 Å². The lowest BCUT2D eigenvalue weighted by atomic mass is 9.85. The van der Waals surface area contributed by atoms with Crippen LogP contribution in [0.1, 0.15) is 53.4 Å². The van der Waals surface area contributed by atoms with Gasteiger partial charge in [0, 0.05) is 23.9 Å². The molecule has 1 aromatic heterocycles. The van der Waals surface area contributed by atoms with Crippen LogP contribution in [-0.2, 0) is 33.9 Å². The SMILES string of the molecule is C=C[C@@H]1C[C@]1(NC(=O)[C@@H]1C[C@@H](Oc2nccc3cc(OC)ccc23)CN1C(=O)C(NC(=O)N[C@@H](C)C(=O)OC)C(C)(C)C)C(=O)NS(=O)(=O)C1CC1. The van der Waals surface area contributed by atoms with Crippen LogP contribution in [-0.4, -0.2) is 104 Å². The van der Waals surface area contributed by atoms with Gasteiger partial charge in [-0.3, -0.25) is 19.1 Å². The van der Waals surface area contributed by atoms with Gasteiger partial charge in [0.25, 0.3) is 5.91 Å². The van der Waals surface area contributed by atoms with Gasteiger partial charge in [-0.25, -0.2) is 23.0 Å². The zero-order valence-electron chi connectivity index (χ0n) is 30.1. The average molecular weight is 743 g/mol. The molecule has 1 unspecified atom stereocenters. The number of rotatable bonds is 13. The molecule has 5 amide bonds. The highest BCUT2D eigenvalue weighted by Gasteiger charge is 2.62. The number of fused-ring (bicyclic) bond motifs is 1. The number of sulfonamides is 1. The van der Waals surface area contributed by atoms with Crippen LogP contribution in [0.15, 0.2) is 43.1 Å². The molecule has 282 valence electrons. The molecule has 16 nitrogen and oxygen atoms in total. The van der Waals surface area contributed by atoms with Gasteiger partial charge in [-0.2, -0.15) is 0 Å². The molecular formula is C35H46N6O10S. The third kappa shape index (κ3) is 8.08. The molecule has 6 atom stereocenters. The number of benzene rings is 1. The fraction of sp³-hybridized carbons (Fsp3) is 0.543. The first kappa shape index (κ1) is 38.3. The standard InChI is InChI=1S/C35H46N6O10S/c1-8-21-17-35(21,32(45)40-52(47,48)24-10-11-24)39-28(42)26-16-23(51-29-25-12-9-22(49-6)15-20(25)13-14-36-29)18-41(26)30(43)27(34(3,4)5)38-33(46)37-19(2)31(44)50-7/h8-9,12-15,19,21,23-24,26-27H,1,10-11,16-18H2,2-7H3,(H,39,42)(H,40,45)(H2,37,38,46)/t19-,21+,23+,26-,27?,35+/m0/s1. The Hall–Kier alpha value is -4.93. The molecule has 2 aliphatic carbocycles. The molecule has 17 heteroatoms. The van der Waals surface area contributed by atoms with Crippen molar-refractivity contribution < 1.29 is 46.6 Å². The van der Waals surface area contributed by atoms with Crippen LogP contribution < -0.4 is 30.1 Å². The summed E-state index contributed by atoms with van der Waals surface area (Å²) in [5, 5.41) is 8.64. The Morgan fingerprint density at radius 2 is 1.81 bits per heavy atom. The van der Waals surface area contributed by atoms with Gasteiger partial charge in [0.05, 0.1) is 26.0 Å². The molecule has 1 aliphatic heterocycles. The van der Waals surface area contributed by atoms with Gasteiger partial charge in [-0.05, 0) is 61.3 Å². The smallest absolute Gasteiger partial charge is 0.328 e. The Kier molecular flexibility index (Phi) is 10.8. The fourth-order valence-electron chi connectivity index (χ4n) is 6.32. The molecular weight excluding hydrogens is 696 g/mol. The normalized spacial score (nSPS) is 23.8. The third-order valence-electron chi connectivity index (χ3n) is 9.60. The number of carbonyl (C=O) groups excluding carboxylic acids is 5. The highest BCUT2D eigenvalue weighted by molar-refractivity contribution is 7.91. The topological polar surface area (TPSA) is 211 Å². The highest BCUT2D eigenvalue weighted by atomic mass is 32.2. The molecule has 5 rings (SSSR count). The van der Waals surface area contributed by atoms with E-state index in [2.05, 4.69) is 37.0 Å². The molecule has 3 fully saturated rings. The molecule has 2 aromatic rings. The van der Waals surface area contributed by atoms with Crippen molar-refractivity contribution in [3.8, 4) is 11.6 Å². The number of aromatic nitrogens is 1. The summed E-state index contributed by atoms with van der Waals surface area (Å²) in [6.07, 6.45) is 3.25. The van der Waals surface area contributed by atoms with Crippen LogP contribution in [0.2, 0.25) is 0 Å². The van der Waals surface area contributed by atoms with Gasteiger partial charge < -0.3 is 35.1 Å². The van der Waals surface area contributed by atoms with E-state index in [-0.39, 0.29) is 25.3 Å². The first-order valence-electron chi connectivity index (χ1n) is 17.0. The number of hydrogen-bond donors (Lipinski definition) is 4. The molecule has 52 heavy (non-hydrogen) atoms. The van der Waals surface area contributed by atoms with Crippen LogP contribution in [0, 0.1) is 11.3 Å². The zero-order chi connectivity index (χ0) is 38.2. The van der Waals surface area contributed by atoms with Gasteiger partial charge in [0.1, 0.15) is 35.5 Å². The van der Waals surface area contributed by atoms with Crippen molar-refractivity contribution in [3.63, 3.8) is 0 Å². The van der Waals surface area contributed by atoms with E-state index in [0.29, 0.717) is 24.0 Å². The number of likely N-dealkylation sites (tertiary alicyclic amines) is 1. The number of pyridine rings is 1. The van der Waals surface area contributed by atoms with Crippen molar-refractivity contribution in [2.24, 2.45) is 11.3 Å². The first-order chi connectivity index (χ1) is 24.4. The number of urea groups is 1. The summed E-state index contributed by atoms with van der Waals surface area (Å²) in [6, 6.07) is 2.92. The van der Waals surface area contributed by atoms with Gasteiger partial charge >= 0.3 is 12.0 Å².